The van der Waals surface area contributed by atoms with Crippen molar-refractivity contribution in [3.63, 3.8) is 0 Å². The fraction of sp³-hybridized carbons (Fsp3) is 0.304. The summed E-state index contributed by atoms with van der Waals surface area (Å²) in [5.74, 6) is -0.0389. The van der Waals surface area contributed by atoms with Crippen LogP contribution < -0.4 is 5.32 Å². The summed E-state index contributed by atoms with van der Waals surface area (Å²) in [6.07, 6.45) is 2.65. The first-order valence-electron chi connectivity index (χ1n) is 9.79. The summed E-state index contributed by atoms with van der Waals surface area (Å²) in [6.45, 7) is 6.81. The molecule has 2 aromatic carbocycles. The van der Waals surface area contributed by atoms with Crippen LogP contribution in [0.5, 0.6) is 0 Å². The van der Waals surface area contributed by atoms with E-state index in [1.165, 1.54) is 11.1 Å². The highest BCUT2D eigenvalue weighted by molar-refractivity contribution is 5.95. The predicted octanol–water partition coefficient (Wildman–Crippen LogP) is 3.49. The number of likely N-dealkylation sites (tertiary alicyclic amines) is 1. The molecule has 0 bridgehead atoms. The zero-order valence-corrected chi connectivity index (χ0v) is 16.4. The number of aromatic nitrogens is 2. The van der Waals surface area contributed by atoms with E-state index in [-0.39, 0.29) is 11.9 Å². The molecule has 1 aliphatic heterocycles. The van der Waals surface area contributed by atoms with Gasteiger partial charge in [0.2, 0.25) is 0 Å². The Morgan fingerprint density at radius 3 is 2.75 bits per heavy atom. The van der Waals surface area contributed by atoms with Gasteiger partial charge in [-0.1, -0.05) is 42.5 Å². The zero-order chi connectivity index (χ0) is 19.5. The van der Waals surface area contributed by atoms with E-state index in [2.05, 4.69) is 58.6 Å². The number of aryl methyl sites for hydroxylation is 1. The van der Waals surface area contributed by atoms with Gasteiger partial charge >= 0.3 is 0 Å². The van der Waals surface area contributed by atoms with Crippen molar-refractivity contribution in [3.8, 4) is 5.69 Å². The van der Waals surface area contributed by atoms with Gasteiger partial charge in [-0.05, 0) is 43.5 Å². The van der Waals surface area contributed by atoms with Gasteiger partial charge in [-0.25, -0.2) is 4.68 Å². The van der Waals surface area contributed by atoms with E-state index in [0.29, 0.717) is 5.56 Å². The first-order chi connectivity index (χ1) is 13.6. The lowest BCUT2D eigenvalue weighted by atomic mass is 10.2. The average Bonchev–Trinajstić information content (AvgIpc) is 3.29. The van der Waals surface area contributed by atoms with Crippen molar-refractivity contribution in [3.05, 3.63) is 83.2 Å². The molecule has 1 aromatic heterocycles. The van der Waals surface area contributed by atoms with Crippen molar-refractivity contribution in [2.45, 2.75) is 32.9 Å². The van der Waals surface area contributed by atoms with E-state index < -0.39 is 0 Å². The van der Waals surface area contributed by atoms with Crippen molar-refractivity contribution in [2.75, 3.05) is 13.1 Å². The molecule has 5 heteroatoms. The lowest BCUT2D eigenvalue weighted by Gasteiger charge is -2.16. The Morgan fingerprint density at radius 2 is 1.96 bits per heavy atom. The van der Waals surface area contributed by atoms with Crippen LogP contribution >= 0.6 is 0 Å². The second-order valence-corrected chi connectivity index (χ2v) is 7.57. The lowest BCUT2D eigenvalue weighted by Crippen LogP contribution is -2.37. The molecule has 4 rings (SSSR count). The highest BCUT2D eigenvalue weighted by atomic mass is 16.1. The number of carbonyl (C=O) groups excluding carboxylic acids is 1. The van der Waals surface area contributed by atoms with Crippen LogP contribution in [-0.4, -0.2) is 39.7 Å². The number of hydrogen-bond donors (Lipinski definition) is 1. The number of benzene rings is 2. The summed E-state index contributed by atoms with van der Waals surface area (Å²) in [7, 11) is 0. The molecule has 0 saturated carbocycles. The van der Waals surface area contributed by atoms with E-state index in [1.807, 2.05) is 29.8 Å². The molecule has 1 atom stereocenters. The Kier molecular flexibility index (Phi) is 5.26. The second kappa shape index (κ2) is 7.98. The van der Waals surface area contributed by atoms with Gasteiger partial charge in [0.1, 0.15) is 0 Å². The van der Waals surface area contributed by atoms with E-state index in [0.717, 1.165) is 37.4 Å². The third kappa shape index (κ3) is 3.99. The van der Waals surface area contributed by atoms with Crippen molar-refractivity contribution < 1.29 is 4.79 Å². The Hall–Kier alpha value is -2.92. The predicted molar refractivity (Wildman–Crippen MR) is 111 cm³/mol. The number of hydrogen-bond acceptors (Lipinski definition) is 3. The van der Waals surface area contributed by atoms with Crippen molar-refractivity contribution in [1.82, 2.24) is 20.0 Å². The smallest absolute Gasteiger partial charge is 0.255 e. The van der Waals surface area contributed by atoms with E-state index in [9.17, 15) is 4.79 Å². The molecule has 1 N–H and O–H groups in total. The molecular formula is C23H26N4O. The van der Waals surface area contributed by atoms with Gasteiger partial charge < -0.3 is 5.32 Å². The normalized spacial score (nSPS) is 17.0. The standard InChI is InChI=1S/C23H26N4O/c1-17-7-6-10-21(13-17)27-18(2)22(14-24-27)23(28)25-20-11-12-26(16-20)15-19-8-4-3-5-9-19/h3-10,13-14,20H,11-12,15-16H2,1-2H3,(H,25,28)/t20-/m0/s1. The van der Waals surface area contributed by atoms with Crippen LogP contribution in [0.3, 0.4) is 0 Å². The summed E-state index contributed by atoms with van der Waals surface area (Å²) in [5.41, 5.74) is 4.96. The highest BCUT2D eigenvalue weighted by Crippen LogP contribution is 2.17. The fourth-order valence-electron chi connectivity index (χ4n) is 3.85. The topological polar surface area (TPSA) is 50.2 Å². The van der Waals surface area contributed by atoms with Crippen LogP contribution in [-0.2, 0) is 6.54 Å². The fourth-order valence-corrected chi connectivity index (χ4v) is 3.85. The van der Waals surface area contributed by atoms with Gasteiger partial charge in [-0.3, -0.25) is 9.69 Å². The van der Waals surface area contributed by atoms with E-state index in [4.69, 9.17) is 0 Å². The molecule has 1 saturated heterocycles. The molecule has 0 aliphatic carbocycles. The highest BCUT2D eigenvalue weighted by Gasteiger charge is 2.25. The molecule has 144 valence electrons. The summed E-state index contributed by atoms with van der Waals surface area (Å²) in [5, 5.41) is 7.63. The largest absolute Gasteiger partial charge is 0.348 e. The molecule has 1 amide bonds. The lowest BCUT2D eigenvalue weighted by molar-refractivity contribution is 0.0937. The minimum absolute atomic E-state index is 0.0389. The second-order valence-electron chi connectivity index (χ2n) is 7.57. The molecule has 0 spiro atoms. The molecule has 2 heterocycles. The molecular weight excluding hydrogens is 348 g/mol. The Morgan fingerprint density at radius 1 is 1.14 bits per heavy atom. The van der Waals surface area contributed by atoms with Gasteiger partial charge in [0.25, 0.3) is 5.91 Å². The monoisotopic (exact) mass is 374 g/mol. The Labute approximate surface area is 166 Å². The number of amides is 1. The zero-order valence-electron chi connectivity index (χ0n) is 16.4. The number of nitrogens with one attached hydrogen (secondary N) is 1. The maximum Gasteiger partial charge on any atom is 0.255 e. The third-order valence-corrected chi connectivity index (χ3v) is 5.36. The number of rotatable bonds is 5. The van der Waals surface area contributed by atoms with Crippen LogP contribution in [0.4, 0.5) is 0 Å². The summed E-state index contributed by atoms with van der Waals surface area (Å²) < 4.78 is 1.83. The van der Waals surface area contributed by atoms with Crippen LogP contribution in [0.1, 0.15) is 33.6 Å². The van der Waals surface area contributed by atoms with Gasteiger partial charge in [0, 0.05) is 25.7 Å². The minimum Gasteiger partial charge on any atom is -0.348 e. The van der Waals surface area contributed by atoms with Crippen LogP contribution in [0.25, 0.3) is 5.69 Å². The van der Waals surface area contributed by atoms with Gasteiger partial charge in [-0.2, -0.15) is 5.10 Å². The summed E-state index contributed by atoms with van der Waals surface area (Å²) in [6, 6.07) is 18.8. The summed E-state index contributed by atoms with van der Waals surface area (Å²) in [4.78, 5) is 15.2. The average molecular weight is 374 g/mol. The molecule has 3 aromatic rings. The molecule has 1 fully saturated rings. The third-order valence-electron chi connectivity index (χ3n) is 5.36. The van der Waals surface area contributed by atoms with Crippen LogP contribution in [0.2, 0.25) is 0 Å². The maximum atomic E-state index is 12.8. The molecule has 1 aliphatic rings. The minimum atomic E-state index is -0.0389. The number of nitrogens with zero attached hydrogens (tertiary/aromatic N) is 3. The first kappa shape index (κ1) is 18.4. The van der Waals surface area contributed by atoms with Crippen LogP contribution in [0.15, 0.2) is 60.8 Å². The SMILES string of the molecule is Cc1cccc(-n2ncc(C(=O)N[C@H]3CCN(Cc4ccccc4)C3)c2C)c1. The van der Waals surface area contributed by atoms with Gasteiger partial charge in [0.05, 0.1) is 23.1 Å². The van der Waals surface area contributed by atoms with Gasteiger partial charge in [-0.15, -0.1) is 0 Å². The number of carbonyl (C=O) groups is 1. The quantitative estimate of drug-likeness (QED) is 0.744. The Bertz CT molecular complexity index is 964. The molecule has 5 nitrogen and oxygen atoms in total. The van der Waals surface area contributed by atoms with E-state index in [1.54, 1.807) is 6.20 Å². The van der Waals surface area contributed by atoms with Crippen molar-refractivity contribution >= 4 is 5.91 Å². The van der Waals surface area contributed by atoms with E-state index >= 15 is 0 Å². The molecule has 28 heavy (non-hydrogen) atoms. The summed E-state index contributed by atoms with van der Waals surface area (Å²) >= 11 is 0. The Balaban J connectivity index is 1.39. The van der Waals surface area contributed by atoms with Gasteiger partial charge in [0.15, 0.2) is 0 Å². The first-order valence-corrected chi connectivity index (χ1v) is 9.79. The van der Waals surface area contributed by atoms with Crippen molar-refractivity contribution in [1.29, 1.82) is 0 Å². The maximum absolute atomic E-state index is 12.8. The van der Waals surface area contributed by atoms with Crippen LogP contribution in [0, 0.1) is 13.8 Å². The van der Waals surface area contributed by atoms with Crippen molar-refractivity contribution in [2.24, 2.45) is 0 Å². The molecule has 0 radical (unpaired) electrons. The molecule has 0 unspecified atom stereocenters.